The van der Waals surface area contributed by atoms with Gasteiger partial charge in [-0.2, -0.15) is 5.10 Å². The molecular weight excluding hydrogens is 476 g/mol. The average Bonchev–Trinajstić information content (AvgIpc) is 3.13. The van der Waals surface area contributed by atoms with Crippen molar-refractivity contribution in [1.29, 1.82) is 0 Å². The van der Waals surface area contributed by atoms with E-state index in [1.165, 1.54) is 16.8 Å². The highest BCUT2D eigenvalue weighted by Gasteiger charge is 2.27. The van der Waals surface area contributed by atoms with Gasteiger partial charge in [-0.05, 0) is 35.7 Å². The number of ether oxygens (including phenoxy) is 1. The first-order valence-electron chi connectivity index (χ1n) is 11.0. The van der Waals surface area contributed by atoms with Gasteiger partial charge in [-0.1, -0.05) is 55.2 Å². The zero-order chi connectivity index (χ0) is 24.0. The van der Waals surface area contributed by atoms with Crippen LogP contribution in [-0.2, 0) is 0 Å². The average molecular weight is 498 g/mol. The highest BCUT2D eigenvalue weighted by Crippen LogP contribution is 2.35. The van der Waals surface area contributed by atoms with E-state index in [1.54, 1.807) is 18.2 Å². The quantitative estimate of drug-likeness (QED) is 0.336. The first-order valence-corrected chi connectivity index (χ1v) is 11.8. The van der Waals surface area contributed by atoms with E-state index in [0.29, 0.717) is 45.3 Å². The van der Waals surface area contributed by atoms with Gasteiger partial charge in [0, 0.05) is 33.7 Å². The molecule has 1 aliphatic heterocycles. The fourth-order valence-corrected chi connectivity index (χ4v) is 5.10. The SMILES string of the molecule is CC(C)c1c(C(=O)N[C@H]2CCOc3ccccc32)cnn2c(-c3cc(Cl)cc(Cl)c3)c(F)cc12. The van der Waals surface area contributed by atoms with Crippen molar-refractivity contribution in [3.05, 3.63) is 87.3 Å². The number of nitrogens with zero attached hydrogens (tertiary/aromatic N) is 2. The molecule has 0 fully saturated rings. The van der Waals surface area contributed by atoms with Crippen molar-refractivity contribution in [1.82, 2.24) is 14.9 Å². The van der Waals surface area contributed by atoms with E-state index in [0.717, 1.165) is 11.3 Å². The standard InChI is InChI=1S/C26H22Cl2FN3O2/c1-14(2)24-19(26(33)31-21-7-8-34-23-6-4-3-5-18(21)23)13-30-32-22(24)12-20(29)25(32)15-9-16(27)11-17(28)10-15/h3-6,9-14,21H,7-8H2,1-2H3,(H,31,33)/t21-/m0/s1. The Hall–Kier alpha value is -3.09. The number of halogens is 3. The van der Waals surface area contributed by atoms with E-state index in [2.05, 4.69) is 10.4 Å². The minimum atomic E-state index is -0.469. The molecule has 0 unspecified atom stereocenters. The highest BCUT2D eigenvalue weighted by molar-refractivity contribution is 6.35. The predicted molar refractivity (Wildman–Crippen MR) is 131 cm³/mol. The van der Waals surface area contributed by atoms with E-state index in [9.17, 15) is 4.79 Å². The lowest BCUT2D eigenvalue weighted by molar-refractivity contribution is 0.0923. The molecule has 0 bridgehead atoms. The van der Waals surface area contributed by atoms with Crippen LogP contribution in [0.25, 0.3) is 16.8 Å². The molecule has 2 aromatic heterocycles. The van der Waals surface area contributed by atoms with Gasteiger partial charge in [-0.25, -0.2) is 8.91 Å². The van der Waals surface area contributed by atoms with Gasteiger partial charge in [0.2, 0.25) is 0 Å². The fraction of sp³-hybridized carbons (Fsp3) is 0.231. The molecule has 0 aliphatic carbocycles. The molecule has 1 aliphatic rings. The Morgan fingerprint density at radius 1 is 1.18 bits per heavy atom. The second-order valence-corrected chi connectivity index (χ2v) is 9.50. The van der Waals surface area contributed by atoms with Crippen LogP contribution < -0.4 is 10.1 Å². The van der Waals surface area contributed by atoms with Crippen molar-refractivity contribution >= 4 is 34.6 Å². The zero-order valence-electron chi connectivity index (χ0n) is 18.6. The smallest absolute Gasteiger partial charge is 0.253 e. The molecule has 1 atom stereocenters. The maximum Gasteiger partial charge on any atom is 0.253 e. The fourth-order valence-electron chi connectivity index (χ4n) is 4.57. The lowest BCUT2D eigenvalue weighted by atomic mass is 9.96. The second-order valence-electron chi connectivity index (χ2n) is 8.62. The molecule has 0 spiro atoms. The molecule has 1 amide bonds. The van der Waals surface area contributed by atoms with Crippen molar-refractivity contribution in [2.75, 3.05) is 6.61 Å². The third kappa shape index (κ3) is 4.01. The molecule has 4 aromatic rings. The molecular formula is C26H22Cl2FN3O2. The predicted octanol–water partition coefficient (Wildman–Crippen LogP) is 6.82. The molecule has 174 valence electrons. The molecule has 2 aromatic carbocycles. The van der Waals surface area contributed by atoms with Crippen LogP contribution in [0.4, 0.5) is 4.39 Å². The van der Waals surface area contributed by atoms with Gasteiger partial charge in [-0.15, -0.1) is 0 Å². The molecule has 0 radical (unpaired) electrons. The zero-order valence-corrected chi connectivity index (χ0v) is 20.1. The van der Waals surface area contributed by atoms with Gasteiger partial charge < -0.3 is 10.1 Å². The van der Waals surface area contributed by atoms with Crippen LogP contribution in [0.5, 0.6) is 5.75 Å². The Bertz CT molecular complexity index is 1400. The third-order valence-electron chi connectivity index (χ3n) is 6.02. The summed E-state index contributed by atoms with van der Waals surface area (Å²) >= 11 is 12.3. The number of hydrogen-bond donors (Lipinski definition) is 1. The summed E-state index contributed by atoms with van der Waals surface area (Å²) in [5, 5.41) is 8.36. The second kappa shape index (κ2) is 8.93. The Morgan fingerprint density at radius 3 is 2.65 bits per heavy atom. The highest BCUT2D eigenvalue weighted by atomic mass is 35.5. The molecule has 0 saturated carbocycles. The largest absolute Gasteiger partial charge is 0.493 e. The maximum atomic E-state index is 15.2. The van der Waals surface area contributed by atoms with Gasteiger partial charge in [-0.3, -0.25) is 4.79 Å². The maximum absolute atomic E-state index is 15.2. The molecule has 8 heteroatoms. The molecule has 34 heavy (non-hydrogen) atoms. The Balaban J connectivity index is 1.58. The number of aromatic nitrogens is 2. The van der Waals surface area contributed by atoms with Crippen LogP contribution in [0, 0.1) is 5.82 Å². The minimum Gasteiger partial charge on any atom is -0.493 e. The van der Waals surface area contributed by atoms with Crippen molar-refractivity contribution in [3.63, 3.8) is 0 Å². The van der Waals surface area contributed by atoms with Crippen LogP contribution in [0.1, 0.15) is 53.7 Å². The van der Waals surface area contributed by atoms with E-state index in [4.69, 9.17) is 27.9 Å². The van der Waals surface area contributed by atoms with Gasteiger partial charge in [0.25, 0.3) is 5.91 Å². The van der Waals surface area contributed by atoms with E-state index < -0.39 is 5.82 Å². The third-order valence-corrected chi connectivity index (χ3v) is 6.46. The van der Waals surface area contributed by atoms with Crippen LogP contribution >= 0.6 is 23.2 Å². The van der Waals surface area contributed by atoms with Gasteiger partial charge in [0.1, 0.15) is 11.4 Å². The molecule has 1 N–H and O–H groups in total. The van der Waals surface area contributed by atoms with Gasteiger partial charge in [0.05, 0.1) is 29.9 Å². The number of hydrogen-bond acceptors (Lipinski definition) is 3. The Labute approximate surface area is 206 Å². The monoisotopic (exact) mass is 497 g/mol. The van der Waals surface area contributed by atoms with Crippen molar-refractivity contribution in [2.45, 2.75) is 32.2 Å². The molecule has 3 heterocycles. The van der Waals surface area contributed by atoms with Gasteiger partial charge >= 0.3 is 0 Å². The normalized spacial score (nSPS) is 15.3. The number of amides is 1. The van der Waals surface area contributed by atoms with Crippen LogP contribution in [0.15, 0.2) is 54.7 Å². The summed E-state index contributed by atoms with van der Waals surface area (Å²) < 4.78 is 22.4. The van der Waals surface area contributed by atoms with Crippen molar-refractivity contribution in [3.8, 4) is 17.0 Å². The summed E-state index contributed by atoms with van der Waals surface area (Å²) in [5.41, 5.74) is 3.35. The summed E-state index contributed by atoms with van der Waals surface area (Å²) in [6, 6.07) is 13.8. The van der Waals surface area contributed by atoms with Crippen LogP contribution in [-0.4, -0.2) is 22.1 Å². The lowest BCUT2D eigenvalue weighted by Crippen LogP contribution is -2.33. The Kier molecular flexibility index (Phi) is 5.96. The topological polar surface area (TPSA) is 55.6 Å². The number of rotatable bonds is 4. The van der Waals surface area contributed by atoms with E-state index in [1.807, 2.05) is 38.1 Å². The summed E-state index contributed by atoms with van der Waals surface area (Å²) in [4.78, 5) is 13.4. The van der Waals surface area contributed by atoms with Gasteiger partial charge in [0.15, 0.2) is 5.82 Å². The summed E-state index contributed by atoms with van der Waals surface area (Å²) in [5.74, 6) is -0.00784. The molecule has 0 saturated heterocycles. The van der Waals surface area contributed by atoms with Crippen molar-refractivity contribution in [2.24, 2.45) is 0 Å². The number of carbonyl (C=O) groups excluding carboxylic acids is 1. The summed E-state index contributed by atoms with van der Waals surface area (Å²) in [6.07, 6.45) is 2.16. The number of fused-ring (bicyclic) bond motifs is 2. The van der Waals surface area contributed by atoms with Crippen LogP contribution in [0.3, 0.4) is 0 Å². The number of nitrogens with one attached hydrogen (secondary N) is 1. The lowest BCUT2D eigenvalue weighted by Gasteiger charge is -2.27. The first-order chi connectivity index (χ1) is 16.3. The Morgan fingerprint density at radius 2 is 1.91 bits per heavy atom. The first kappa shape index (κ1) is 22.7. The van der Waals surface area contributed by atoms with Crippen LogP contribution in [0.2, 0.25) is 10.0 Å². The van der Waals surface area contributed by atoms with Crippen molar-refractivity contribution < 1.29 is 13.9 Å². The summed E-state index contributed by atoms with van der Waals surface area (Å²) in [6.45, 7) is 4.46. The number of carbonyl (C=O) groups is 1. The van der Waals surface area contributed by atoms with E-state index in [-0.39, 0.29) is 23.6 Å². The molecule has 5 rings (SSSR count). The minimum absolute atomic E-state index is 0.0571. The summed E-state index contributed by atoms with van der Waals surface area (Å²) in [7, 11) is 0. The van der Waals surface area contributed by atoms with E-state index >= 15 is 4.39 Å². The molecule has 5 nitrogen and oxygen atoms in total. The number of benzene rings is 2. The number of para-hydroxylation sites is 1.